The standard InChI is InChI=1S/C18H25N3O3S2/c1-26(23,24)19-12-11-14-6-4-5-13-21(14)18(22)10-9-17-20-15-7-2-3-8-16(15)25-17/h2-3,7-8,14,19H,4-6,9-13H2,1H3. The molecule has 1 atom stereocenters. The number of para-hydroxylation sites is 1. The molecule has 6 nitrogen and oxygen atoms in total. The Bertz CT molecular complexity index is 830. The van der Waals surface area contributed by atoms with Crippen molar-refractivity contribution >= 4 is 37.5 Å². The van der Waals surface area contributed by atoms with Gasteiger partial charge in [-0.3, -0.25) is 4.79 Å². The van der Waals surface area contributed by atoms with Gasteiger partial charge in [0.15, 0.2) is 0 Å². The lowest BCUT2D eigenvalue weighted by Crippen LogP contribution is -2.45. The second-order valence-electron chi connectivity index (χ2n) is 6.77. The number of hydrogen-bond acceptors (Lipinski definition) is 5. The molecule has 1 saturated heterocycles. The first kappa shape index (κ1) is 19.3. The molecule has 0 spiro atoms. The van der Waals surface area contributed by atoms with E-state index in [1.807, 2.05) is 29.2 Å². The molecule has 8 heteroatoms. The van der Waals surface area contributed by atoms with Crippen LogP contribution in [0.1, 0.15) is 37.1 Å². The van der Waals surface area contributed by atoms with Crippen molar-refractivity contribution < 1.29 is 13.2 Å². The van der Waals surface area contributed by atoms with Crippen LogP contribution in [0.3, 0.4) is 0 Å². The summed E-state index contributed by atoms with van der Waals surface area (Å²) in [5.41, 5.74) is 0.989. The third-order valence-corrected chi connectivity index (χ3v) is 6.50. The summed E-state index contributed by atoms with van der Waals surface area (Å²) in [6.07, 6.45) is 5.99. The summed E-state index contributed by atoms with van der Waals surface area (Å²) in [6.45, 7) is 1.15. The van der Waals surface area contributed by atoms with Crippen molar-refractivity contribution in [2.45, 2.75) is 44.6 Å². The number of thiazole rings is 1. The number of rotatable bonds is 7. The number of carbonyl (C=O) groups excluding carboxylic acids is 1. The molecule has 0 aliphatic carbocycles. The highest BCUT2D eigenvalue weighted by molar-refractivity contribution is 7.88. The molecule has 0 saturated carbocycles. The van der Waals surface area contributed by atoms with Crippen LogP contribution in [0.2, 0.25) is 0 Å². The van der Waals surface area contributed by atoms with Crippen LogP contribution in [-0.2, 0) is 21.2 Å². The molecule has 1 fully saturated rings. The van der Waals surface area contributed by atoms with E-state index in [-0.39, 0.29) is 11.9 Å². The fourth-order valence-electron chi connectivity index (χ4n) is 3.42. The quantitative estimate of drug-likeness (QED) is 0.781. The molecule has 0 bridgehead atoms. The number of nitrogens with one attached hydrogen (secondary N) is 1. The van der Waals surface area contributed by atoms with E-state index in [4.69, 9.17) is 0 Å². The van der Waals surface area contributed by atoms with Gasteiger partial charge in [0.2, 0.25) is 15.9 Å². The number of carbonyl (C=O) groups is 1. The van der Waals surface area contributed by atoms with Gasteiger partial charge in [0, 0.05) is 32.0 Å². The van der Waals surface area contributed by atoms with Gasteiger partial charge in [-0.25, -0.2) is 18.1 Å². The van der Waals surface area contributed by atoms with Gasteiger partial charge in [-0.05, 0) is 37.8 Å². The van der Waals surface area contributed by atoms with Crippen molar-refractivity contribution in [3.63, 3.8) is 0 Å². The van der Waals surface area contributed by atoms with Crippen LogP contribution in [0.4, 0.5) is 0 Å². The van der Waals surface area contributed by atoms with Crippen LogP contribution in [0.5, 0.6) is 0 Å². The molecular formula is C18H25N3O3S2. The minimum atomic E-state index is -3.18. The second kappa shape index (κ2) is 8.45. The Balaban J connectivity index is 1.55. The first-order valence-corrected chi connectivity index (χ1v) is 11.7. The van der Waals surface area contributed by atoms with E-state index in [0.717, 1.165) is 47.3 Å². The summed E-state index contributed by atoms with van der Waals surface area (Å²) in [5, 5.41) is 0.992. The average Bonchev–Trinajstić information content (AvgIpc) is 3.02. The van der Waals surface area contributed by atoms with Crippen molar-refractivity contribution in [3.05, 3.63) is 29.3 Å². The Hall–Kier alpha value is -1.51. The predicted molar refractivity (Wildman–Crippen MR) is 105 cm³/mol. The van der Waals surface area contributed by atoms with Crippen molar-refractivity contribution in [1.82, 2.24) is 14.6 Å². The molecule has 1 N–H and O–H groups in total. The van der Waals surface area contributed by atoms with E-state index in [0.29, 0.717) is 25.8 Å². The Morgan fingerprint density at radius 2 is 2.15 bits per heavy atom. The van der Waals surface area contributed by atoms with E-state index < -0.39 is 10.0 Å². The Labute approximate surface area is 158 Å². The van der Waals surface area contributed by atoms with E-state index in [1.54, 1.807) is 11.3 Å². The maximum Gasteiger partial charge on any atom is 0.223 e. The molecule has 3 rings (SSSR count). The molecule has 1 amide bonds. The van der Waals surface area contributed by atoms with E-state index in [9.17, 15) is 13.2 Å². The van der Waals surface area contributed by atoms with Crippen molar-refractivity contribution in [3.8, 4) is 0 Å². The number of aromatic nitrogens is 1. The minimum absolute atomic E-state index is 0.126. The number of amides is 1. The van der Waals surface area contributed by atoms with Gasteiger partial charge in [-0.2, -0.15) is 0 Å². The molecule has 1 aliphatic heterocycles. The smallest absolute Gasteiger partial charge is 0.223 e. The number of aryl methyl sites for hydroxylation is 1. The molecule has 1 unspecified atom stereocenters. The maximum atomic E-state index is 12.7. The molecule has 2 heterocycles. The number of nitrogens with zero attached hydrogens (tertiary/aromatic N) is 2. The summed E-state index contributed by atoms with van der Waals surface area (Å²) in [5.74, 6) is 0.147. The zero-order valence-corrected chi connectivity index (χ0v) is 16.6. The molecule has 26 heavy (non-hydrogen) atoms. The lowest BCUT2D eigenvalue weighted by atomic mass is 9.99. The fourth-order valence-corrected chi connectivity index (χ4v) is 4.88. The van der Waals surface area contributed by atoms with Crippen molar-refractivity contribution in [1.29, 1.82) is 0 Å². The number of fused-ring (bicyclic) bond motifs is 1. The first-order chi connectivity index (χ1) is 12.4. The molecule has 2 aromatic rings. The lowest BCUT2D eigenvalue weighted by Gasteiger charge is -2.36. The number of hydrogen-bond donors (Lipinski definition) is 1. The summed E-state index contributed by atoms with van der Waals surface area (Å²) in [6, 6.07) is 8.14. The van der Waals surface area contributed by atoms with Crippen LogP contribution in [-0.4, -0.2) is 49.6 Å². The Morgan fingerprint density at radius 1 is 1.35 bits per heavy atom. The highest BCUT2D eigenvalue weighted by atomic mass is 32.2. The van der Waals surface area contributed by atoms with Gasteiger partial charge in [0.1, 0.15) is 0 Å². The number of piperidine rings is 1. The Kier molecular flexibility index (Phi) is 6.26. The summed E-state index contributed by atoms with van der Waals surface area (Å²) in [7, 11) is -3.18. The van der Waals surface area contributed by atoms with Crippen LogP contribution >= 0.6 is 11.3 Å². The summed E-state index contributed by atoms with van der Waals surface area (Å²) in [4.78, 5) is 19.3. The van der Waals surface area contributed by atoms with Gasteiger partial charge in [-0.15, -0.1) is 11.3 Å². The number of likely N-dealkylation sites (tertiary alicyclic amines) is 1. The highest BCUT2D eigenvalue weighted by Crippen LogP contribution is 2.24. The molecule has 1 aromatic carbocycles. The largest absolute Gasteiger partial charge is 0.340 e. The number of benzene rings is 1. The van der Waals surface area contributed by atoms with Crippen LogP contribution in [0.15, 0.2) is 24.3 Å². The molecular weight excluding hydrogens is 370 g/mol. The average molecular weight is 396 g/mol. The predicted octanol–water partition coefficient (Wildman–Crippen LogP) is 2.55. The SMILES string of the molecule is CS(=O)(=O)NCCC1CCCCN1C(=O)CCc1nc2ccccc2s1. The highest BCUT2D eigenvalue weighted by Gasteiger charge is 2.26. The van der Waals surface area contributed by atoms with Gasteiger partial charge >= 0.3 is 0 Å². The van der Waals surface area contributed by atoms with Crippen molar-refractivity contribution in [2.75, 3.05) is 19.3 Å². The zero-order chi connectivity index (χ0) is 18.6. The monoisotopic (exact) mass is 395 g/mol. The number of sulfonamides is 1. The van der Waals surface area contributed by atoms with E-state index in [1.165, 1.54) is 0 Å². The van der Waals surface area contributed by atoms with E-state index in [2.05, 4.69) is 9.71 Å². The Morgan fingerprint density at radius 3 is 2.92 bits per heavy atom. The third kappa shape index (κ3) is 5.25. The van der Waals surface area contributed by atoms with Crippen LogP contribution < -0.4 is 4.72 Å². The molecule has 1 aromatic heterocycles. The third-order valence-electron chi connectivity index (χ3n) is 4.68. The van der Waals surface area contributed by atoms with Crippen LogP contribution in [0.25, 0.3) is 10.2 Å². The fraction of sp³-hybridized carbons (Fsp3) is 0.556. The molecule has 1 aliphatic rings. The molecule has 142 valence electrons. The van der Waals surface area contributed by atoms with Gasteiger partial charge in [0.25, 0.3) is 0 Å². The first-order valence-electron chi connectivity index (χ1n) is 9.01. The lowest BCUT2D eigenvalue weighted by molar-refractivity contribution is -0.134. The molecule has 0 radical (unpaired) electrons. The second-order valence-corrected chi connectivity index (χ2v) is 9.72. The van der Waals surface area contributed by atoms with Gasteiger partial charge in [0.05, 0.1) is 21.5 Å². The summed E-state index contributed by atoms with van der Waals surface area (Å²) < 4.78 is 26.1. The van der Waals surface area contributed by atoms with Gasteiger partial charge < -0.3 is 4.90 Å². The topological polar surface area (TPSA) is 79.4 Å². The minimum Gasteiger partial charge on any atom is -0.340 e. The van der Waals surface area contributed by atoms with Crippen LogP contribution in [0, 0.1) is 0 Å². The van der Waals surface area contributed by atoms with Gasteiger partial charge in [-0.1, -0.05) is 12.1 Å². The summed E-state index contributed by atoms with van der Waals surface area (Å²) >= 11 is 1.64. The van der Waals surface area contributed by atoms with Crippen molar-refractivity contribution in [2.24, 2.45) is 0 Å². The normalized spacial score (nSPS) is 18.3. The zero-order valence-electron chi connectivity index (χ0n) is 15.0. The van der Waals surface area contributed by atoms with E-state index >= 15 is 0 Å². The maximum absolute atomic E-state index is 12.7.